The number of aromatic nitrogens is 3. The van der Waals surface area contributed by atoms with Crippen LogP contribution in [0.1, 0.15) is 11.3 Å². The van der Waals surface area contributed by atoms with Gasteiger partial charge in [-0.2, -0.15) is 23.1 Å². The van der Waals surface area contributed by atoms with Crippen LogP contribution in [-0.4, -0.2) is 32.5 Å². The Morgan fingerprint density at radius 2 is 1.83 bits per heavy atom. The van der Waals surface area contributed by atoms with Gasteiger partial charge in [0.1, 0.15) is 12.0 Å². The Bertz CT molecular complexity index is 1070. The van der Waals surface area contributed by atoms with Crippen LogP contribution in [0.2, 0.25) is 0 Å². The molecule has 1 unspecified atom stereocenters. The summed E-state index contributed by atoms with van der Waals surface area (Å²) in [5, 5.41) is -0.428. The third-order valence-corrected chi connectivity index (χ3v) is 4.74. The maximum absolute atomic E-state index is 13.2. The summed E-state index contributed by atoms with van der Waals surface area (Å²) < 4.78 is 57.6. The molecular formula is C19H16F3N3O3S. The summed E-state index contributed by atoms with van der Waals surface area (Å²) in [6.45, 7) is 0.209. The van der Waals surface area contributed by atoms with Crippen LogP contribution in [0.15, 0.2) is 58.6 Å². The van der Waals surface area contributed by atoms with Crippen LogP contribution in [0.25, 0.3) is 11.3 Å². The van der Waals surface area contributed by atoms with Crippen molar-refractivity contribution in [2.75, 3.05) is 13.4 Å². The Balaban J connectivity index is 2.02. The van der Waals surface area contributed by atoms with Gasteiger partial charge in [0.25, 0.3) is 5.56 Å². The Hall–Kier alpha value is -2.85. The number of methoxy groups -OCH3 is 1. The molecule has 3 aromatic rings. The molecule has 0 saturated heterocycles. The summed E-state index contributed by atoms with van der Waals surface area (Å²) in [5.74, 6) is 0.663. The van der Waals surface area contributed by atoms with Gasteiger partial charge in [0, 0.05) is 29.0 Å². The highest BCUT2D eigenvalue weighted by molar-refractivity contribution is 7.90. The third-order valence-electron chi connectivity index (χ3n) is 4.04. The fourth-order valence-corrected chi connectivity index (χ4v) is 3.03. The van der Waals surface area contributed by atoms with E-state index in [2.05, 4.69) is 9.97 Å². The van der Waals surface area contributed by atoms with E-state index in [-0.39, 0.29) is 23.4 Å². The number of halogens is 3. The number of pyridine rings is 1. The second kappa shape index (κ2) is 8.26. The minimum atomic E-state index is -4.72. The van der Waals surface area contributed by atoms with Crippen LogP contribution >= 0.6 is 0 Å². The molecule has 0 N–H and O–H groups in total. The van der Waals surface area contributed by atoms with Crippen molar-refractivity contribution in [2.45, 2.75) is 17.9 Å². The normalized spacial score (nSPS) is 12.6. The van der Waals surface area contributed by atoms with Gasteiger partial charge in [-0.05, 0) is 29.8 Å². The molecule has 0 saturated carbocycles. The van der Waals surface area contributed by atoms with E-state index in [0.717, 1.165) is 11.6 Å². The van der Waals surface area contributed by atoms with Crippen LogP contribution in [0.3, 0.4) is 0 Å². The molecule has 29 heavy (non-hydrogen) atoms. The zero-order chi connectivity index (χ0) is 21.2. The summed E-state index contributed by atoms with van der Waals surface area (Å²) in [4.78, 5) is 19.5. The number of nitrogens with zero attached hydrogens (tertiary/aromatic N) is 3. The minimum Gasteiger partial charge on any atom is -0.609 e. The van der Waals surface area contributed by atoms with Crippen molar-refractivity contribution in [3.63, 3.8) is 0 Å². The lowest BCUT2D eigenvalue weighted by molar-refractivity contribution is -0.141. The lowest BCUT2D eigenvalue weighted by Crippen LogP contribution is -2.19. The van der Waals surface area contributed by atoms with Crippen molar-refractivity contribution in [3.05, 3.63) is 70.3 Å². The van der Waals surface area contributed by atoms with Crippen molar-refractivity contribution in [3.8, 4) is 17.0 Å². The van der Waals surface area contributed by atoms with Crippen LogP contribution in [-0.2, 0) is 23.9 Å². The predicted octanol–water partition coefficient (Wildman–Crippen LogP) is 3.12. The maximum Gasteiger partial charge on any atom is 0.433 e. The molecule has 2 aromatic heterocycles. The minimum absolute atomic E-state index is 0.0685. The van der Waals surface area contributed by atoms with Gasteiger partial charge < -0.3 is 13.9 Å². The predicted molar refractivity (Wildman–Crippen MR) is 101 cm³/mol. The lowest BCUT2D eigenvalue weighted by Gasteiger charge is -2.12. The largest absolute Gasteiger partial charge is 0.609 e. The van der Waals surface area contributed by atoms with Gasteiger partial charge in [-0.15, -0.1) is 0 Å². The average molecular weight is 423 g/mol. The second-order valence-corrected chi connectivity index (χ2v) is 7.38. The molecule has 0 spiro atoms. The molecule has 0 aliphatic carbocycles. The fraction of sp³-hybridized carbons (Fsp3) is 0.211. The van der Waals surface area contributed by atoms with E-state index in [1.54, 1.807) is 24.3 Å². The van der Waals surface area contributed by atoms with Gasteiger partial charge in [0.2, 0.25) is 0 Å². The van der Waals surface area contributed by atoms with Crippen molar-refractivity contribution < 1.29 is 22.5 Å². The van der Waals surface area contributed by atoms with Crippen LogP contribution in [0.5, 0.6) is 5.75 Å². The zero-order valence-electron chi connectivity index (χ0n) is 15.4. The monoisotopic (exact) mass is 423 g/mol. The maximum atomic E-state index is 13.2. The first-order chi connectivity index (χ1) is 13.7. The quantitative estimate of drug-likeness (QED) is 0.465. The van der Waals surface area contributed by atoms with Crippen molar-refractivity contribution in [2.24, 2.45) is 0 Å². The van der Waals surface area contributed by atoms with Gasteiger partial charge in [-0.3, -0.25) is 4.79 Å². The van der Waals surface area contributed by atoms with Crippen LogP contribution in [0, 0.1) is 0 Å². The van der Waals surface area contributed by atoms with E-state index in [9.17, 15) is 22.5 Å². The molecular weight excluding hydrogens is 407 g/mol. The first kappa shape index (κ1) is 20.9. The van der Waals surface area contributed by atoms with E-state index in [0.29, 0.717) is 5.75 Å². The SMILES string of the molecule is COc1ccc(Cn2cc(-c3cc(C(F)(F)F)nc([S+](C)[O-])n3)ccc2=O)cc1. The zero-order valence-corrected chi connectivity index (χ0v) is 16.3. The van der Waals surface area contributed by atoms with E-state index in [4.69, 9.17) is 4.74 Å². The number of hydrogen-bond donors (Lipinski definition) is 0. The van der Waals surface area contributed by atoms with E-state index in [1.807, 2.05) is 0 Å². The van der Waals surface area contributed by atoms with E-state index >= 15 is 0 Å². The van der Waals surface area contributed by atoms with Crippen molar-refractivity contribution in [1.29, 1.82) is 0 Å². The summed E-state index contributed by atoms with van der Waals surface area (Å²) in [5.41, 5.74) is -0.507. The van der Waals surface area contributed by atoms with E-state index < -0.39 is 28.2 Å². The van der Waals surface area contributed by atoms with Gasteiger partial charge >= 0.3 is 11.3 Å². The first-order valence-electron chi connectivity index (χ1n) is 8.31. The number of hydrogen-bond acceptors (Lipinski definition) is 5. The van der Waals surface area contributed by atoms with Gasteiger partial charge in [-0.25, -0.2) is 0 Å². The molecule has 6 nitrogen and oxygen atoms in total. The fourth-order valence-electron chi connectivity index (χ4n) is 2.58. The second-order valence-electron chi connectivity index (χ2n) is 6.10. The molecule has 0 fully saturated rings. The number of ether oxygens (including phenoxy) is 1. The third kappa shape index (κ3) is 4.96. The standard InChI is InChI=1S/C19H16F3N3O3S/c1-28-14-6-3-12(4-7-14)10-25-11-13(5-8-17(25)26)15-9-16(19(20,21)22)24-18(23-15)29(2)27/h3-9,11H,10H2,1-2H3. The van der Waals surface area contributed by atoms with E-state index in [1.165, 1.54) is 36.3 Å². The highest BCUT2D eigenvalue weighted by Gasteiger charge is 2.35. The molecule has 2 heterocycles. The molecule has 0 radical (unpaired) electrons. The lowest BCUT2D eigenvalue weighted by atomic mass is 10.1. The highest BCUT2D eigenvalue weighted by atomic mass is 32.2. The van der Waals surface area contributed by atoms with Crippen LogP contribution < -0.4 is 10.3 Å². The molecule has 0 aliphatic heterocycles. The van der Waals surface area contributed by atoms with Crippen molar-refractivity contribution in [1.82, 2.24) is 14.5 Å². The molecule has 0 aliphatic rings. The average Bonchev–Trinajstić information content (AvgIpc) is 2.69. The Morgan fingerprint density at radius 3 is 2.41 bits per heavy atom. The van der Waals surface area contributed by atoms with Crippen molar-refractivity contribution >= 4 is 11.2 Å². The summed E-state index contributed by atoms with van der Waals surface area (Å²) in [7, 11) is 1.54. The molecule has 10 heteroatoms. The Morgan fingerprint density at radius 1 is 1.14 bits per heavy atom. The smallest absolute Gasteiger partial charge is 0.433 e. The van der Waals surface area contributed by atoms with Gasteiger partial charge in [0.05, 0.1) is 19.3 Å². The first-order valence-corrected chi connectivity index (χ1v) is 9.86. The summed E-state index contributed by atoms with van der Waals surface area (Å²) in [6.07, 6.45) is -2.11. The molecule has 0 bridgehead atoms. The van der Waals surface area contributed by atoms with Gasteiger partial charge in [0.15, 0.2) is 5.69 Å². The number of alkyl halides is 3. The molecule has 152 valence electrons. The highest BCUT2D eigenvalue weighted by Crippen LogP contribution is 2.30. The topological polar surface area (TPSA) is 80.1 Å². The Labute approximate surface area is 167 Å². The van der Waals surface area contributed by atoms with Crippen LogP contribution in [0.4, 0.5) is 13.2 Å². The Kier molecular flexibility index (Phi) is 5.94. The molecule has 1 atom stereocenters. The summed E-state index contributed by atoms with van der Waals surface area (Å²) >= 11 is -1.81. The molecule has 0 amide bonds. The summed E-state index contributed by atoms with van der Waals surface area (Å²) in [6, 6.07) is 10.4. The number of benzene rings is 1. The van der Waals surface area contributed by atoms with Gasteiger partial charge in [-0.1, -0.05) is 12.1 Å². The molecule has 3 rings (SSSR count). The number of rotatable bonds is 5. The molecule has 1 aromatic carbocycles.